The van der Waals surface area contributed by atoms with Crippen LogP contribution in [0.5, 0.6) is 0 Å². The van der Waals surface area contributed by atoms with Crippen LogP contribution in [0.25, 0.3) is 11.1 Å². The highest BCUT2D eigenvalue weighted by molar-refractivity contribution is 5.69. The fourth-order valence-corrected chi connectivity index (χ4v) is 5.17. The molecule has 3 rings (SSSR count). The van der Waals surface area contributed by atoms with E-state index in [1.54, 1.807) is 6.07 Å². The maximum absolute atomic E-state index is 15.2. The first-order chi connectivity index (χ1) is 15.1. The maximum Gasteiger partial charge on any atom is 0.131 e. The first kappa shape index (κ1) is 23.9. The third-order valence-electron chi connectivity index (χ3n) is 7.21. The summed E-state index contributed by atoms with van der Waals surface area (Å²) < 4.78 is 15.2. The average molecular weight is 427 g/mol. The van der Waals surface area contributed by atoms with Crippen molar-refractivity contribution in [2.45, 2.75) is 77.6 Å². The molecule has 0 saturated heterocycles. The lowest BCUT2D eigenvalue weighted by Crippen LogP contribution is -2.13. The summed E-state index contributed by atoms with van der Waals surface area (Å²) in [5, 5.41) is 18.6. The van der Waals surface area contributed by atoms with Gasteiger partial charge >= 0.3 is 0 Å². The van der Waals surface area contributed by atoms with E-state index in [2.05, 4.69) is 32.0 Å². The van der Waals surface area contributed by atoms with E-state index >= 15 is 4.39 Å². The van der Waals surface area contributed by atoms with Crippen molar-refractivity contribution in [2.24, 2.45) is 11.8 Å². The van der Waals surface area contributed by atoms with Crippen molar-refractivity contribution in [1.82, 2.24) is 0 Å². The molecule has 0 unspecified atom stereocenters. The molecule has 1 aliphatic rings. The number of hydrogen-bond donors (Lipinski definition) is 2. The van der Waals surface area contributed by atoms with Gasteiger partial charge in [-0.25, -0.2) is 4.39 Å². The minimum Gasteiger partial charge on any atom is -0.396 e. The van der Waals surface area contributed by atoms with Gasteiger partial charge in [-0.05, 0) is 85.1 Å². The van der Waals surface area contributed by atoms with Gasteiger partial charge in [0.1, 0.15) is 5.82 Å². The first-order valence-electron chi connectivity index (χ1n) is 12.2. The standard InChI is InChI=1S/C28H39FO2/c1-3-5-20-8-11-24(12-9-20)25-13-15-27(28(29)17-25)26-14-10-21(16-23(26)4-2)6-7-22(18-30)19-31/h10,13-17,20,22,24,30-31H,3-9,11-12,18-19H2,1-2H3. The number of hydrogen-bond acceptors (Lipinski definition) is 2. The van der Waals surface area contributed by atoms with Gasteiger partial charge in [-0.2, -0.15) is 0 Å². The Labute approximate surface area is 187 Å². The van der Waals surface area contributed by atoms with E-state index < -0.39 is 0 Å². The van der Waals surface area contributed by atoms with Crippen LogP contribution in [-0.4, -0.2) is 23.4 Å². The van der Waals surface area contributed by atoms with Gasteiger partial charge in [0.2, 0.25) is 0 Å². The monoisotopic (exact) mass is 426 g/mol. The van der Waals surface area contributed by atoms with Gasteiger partial charge in [0.05, 0.1) is 0 Å². The highest BCUT2D eigenvalue weighted by Gasteiger charge is 2.23. The van der Waals surface area contributed by atoms with Gasteiger partial charge in [-0.15, -0.1) is 0 Å². The van der Waals surface area contributed by atoms with E-state index in [1.165, 1.54) is 44.1 Å². The third kappa shape index (κ3) is 6.17. The van der Waals surface area contributed by atoms with Gasteiger partial charge < -0.3 is 10.2 Å². The molecule has 2 aromatic carbocycles. The molecule has 0 radical (unpaired) electrons. The zero-order valence-corrected chi connectivity index (χ0v) is 19.2. The minimum absolute atomic E-state index is 0.00698. The second-order valence-corrected chi connectivity index (χ2v) is 9.36. The Morgan fingerprint density at radius 3 is 2.26 bits per heavy atom. The Kier molecular flexibility index (Phi) is 9.10. The predicted molar refractivity (Wildman–Crippen MR) is 127 cm³/mol. The lowest BCUT2D eigenvalue weighted by atomic mass is 9.77. The quantitative estimate of drug-likeness (QED) is 0.446. The summed E-state index contributed by atoms with van der Waals surface area (Å²) in [7, 11) is 0. The van der Waals surface area contributed by atoms with Gasteiger partial charge in [-0.1, -0.05) is 57.0 Å². The van der Waals surface area contributed by atoms with Crippen LogP contribution in [0, 0.1) is 17.7 Å². The zero-order chi connectivity index (χ0) is 22.2. The van der Waals surface area contributed by atoms with E-state index in [9.17, 15) is 10.2 Å². The number of benzene rings is 2. The molecule has 2 N–H and O–H groups in total. The lowest BCUT2D eigenvalue weighted by molar-refractivity contribution is 0.144. The van der Waals surface area contributed by atoms with Crippen LogP contribution in [-0.2, 0) is 12.8 Å². The molecule has 0 spiro atoms. The van der Waals surface area contributed by atoms with E-state index in [0.29, 0.717) is 11.5 Å². The number of aryl methyl sites for hydroxylation is 2. The summed E-state index contributed by atoms with van der Waals surface area (Å²) in [5.74, 6) is 1.17. The van der Waals surface area contributed by atoms with Gasteiger partial charge in [0, 0.05) is 24.7 Å². The van der Waals surface area contributed by atoms with E-state index in [0.717, 1.165) is 41.9 Å². The van der Waals surface area contributed by atoms with E-state index in [4.69, 9.17) is 0 Å². The van der Waals surface area contributed by atoms with Crippen molar-refractivity contribution in [3.63, 3.8) is 0 Å². The van der Waals surface area contributed by atoms with Crippen LogP contribution in [0.15, 0.2) is 36.4 Å². The van der Waals surface area contributed by atoms with E-state index in [1.807, 2.05) is 12.1 Å². The summed E-state index contributed by atoms with van der Waals surface area (Å²) in [6.45, 7) is 4.38. The molecule has 0 bridgehead atoms. The Morgan fingerprint density at radius 1 is 0.935 bits per heavy atom. The highest BCUT2D eigenvalue weighted by atomic mass is 19.1. The number of aliphatic hydroxyl groups excluding tert-OH is 2. The second-order valence-electron chi connectivity index (χ2n) is 9.36. The van der Waals surface area contributed by atoms with Crippen LogP contribution in [0.1, 0.15) is 81.4 Å². The molecular weight excluding hydrogens is 387 g/mol. The van der Waals surface area contributed by atoms with Crippen LogP contribution in [0.2, 0.25) is 0 Å². The fraction of sp³-hybridized carbons (Fsp3) is 0.571. The highest BCUT2D eigenvalue weighted by Crippen LogP contribution is 2.39. The Hall–Kier alpha value is -1.71. The third-order valence-corrected chi connectivity index (χ3v) is 7.21. The molecule has 31 heavy (non-hydrogen) atoms. The zero-order valence-electron chi connectivity index (χ0n) is 19.2. The van der Waals surface area contributed by atoms with Crippen molar-refractivity contribution >= 4 is 0 Å². The normalized spacial score (nSPS) is 19.2. The van der Waals surface area contributed by atoms with Gasteiger partial charge in [0.25, 0.3) is 0 Å². The Morgan fingerprint density at radius 2 is 1.65 bits per heavy atom. The molecular formula is C28H39FO2. The summed E-state index contributed by atoms with van der Waals surface area (Å²) in [6.07, 6.45) is 9.90. The van der Waals surface area contributed by atoms with Crippen LogP contribution >= 0.6 is 0 Å². The summed E-state index contributed by atoms with van der Waals surface area (Å²) in [4.78, 5) is 0. The lowest BCUT2D eigenvalue weighted by Gasteiger charge is -2.28. The molecule has 0 amide bonds. The first-order valence-corrected chi connectivity index (χ1v) is 12.2. The van der Waals surface area contributed by atoms with E-state index in [-0.39, 0.29) is 24.9 Å². The van der Waals surface area contributed by atoms with Crippen molar-refractivity contribution in [2.75, 3.05) is 13.2 Å². The topological polar surface area (TPSA) is 40.5 Å². The van der Waals surface area contributed by atoms with Crippen molar-refractivity contribution in [3.05, 3.63) is 58.9 Å². The second kappa shape index (κ2) is 11.8. The summed E-state index contributed by atoms with van der Waals surface area (Å²) in [6, 6.07) is 12.1. The molecule has 3 heteroatoms. The van der Waals surface area contributed by atoms with Gasteiger partial charge in [-0.3, -0.25) is 0 Å². The molecule has 0 aromatic heterocycles. The molecule has 1 aliphatic carbocycles. The molecule has 0 heterocycles. The number of halogens is 1. The summed E-state index contributed by atoms with van der Waals surface area (Å²) >= 11 is 0. The average Bonchev–Trinajstić information content (AvgIpc) is 2.80. The SMILES string of the molecule is CCCC1CCC(c2ccc(-c3ccc(CCC(CO)CO)cc3CC)c(F)c2)CC1. The van der Waals surface area contributed by atoms with Crippen LogP contribution in [0.3, 0.4) is 0 Å². The minimum atomic E-state index is -0.115. The maximum atomic E-state index is 15.2. The molecule has 1 saturated carbocycles. The van der Waals surface area contributed by atoms with Crippen molar-refractivity contribution in [3.8, 4) is 11.1 Å². The fourth-order valence-electron chi connectivity index (χ4n) is 5.17. The Balaban J connectivity index is 1.73. The molecule has 0 aliphatic heterocycles. The molecule has 0 atom stereocenters. The Bertz CT molecular complexity index is 820. The molecule has 1 fully saturated rings. The largest absolute Gasteiger partial charge is 0.396 e. The van der Waals surface area contributed by atoms with Crippen LogP contribution < -0.4 is 0 Å². The van der Waals surface area contributed by atoms with Crippen molar-refractivity contribution < 1.29 is 14.6 Å². The summed E-state index contributed by atoms with van der Waals surface area (Å²) in [5.41, 5.74) is 5.14. The smallest absolute Gasteiger partial charge is 0.131 e. The van der Waals surface area contributed by atoms with Gasteiger partial charge in [0.15, 0.2) is 0 Å². The van der Waals surface area contributed by atoms with Crippen molar-refractivity contribution in [1.29, 1.82) is 0 Å². The molecule has 2 nitrogen and oxygen atoms in total. The molecule has 2 aromatic rings. The predicted octanol–water partition coefficient (Wildman–Crippen LogP) is 6.66. The van der Waals surface area contributed by atoms with Crippen LogP contribution in [0.4, 0.5) is 4.39 Å². The number of aliphatic hydroxyl groups is 2. The molecule has 170 valence electrons. The number of rotatable bonds is 10.